The summed E-state index contributed by atoms with van der Waals surface area (Å²) < 4.78 is 12.4. The van der Waals surface area contributed by atoms with Gasteiger partial charge in [0.1, 0.15) is 11.3 Å². The number of carbonyl (C=O) groups is 2. The first kappa shape index (κ1) is 21.6. The third kappa shape index (κ3) is 3.99. The number of fused-ring (bicyclic) bond motifs is 1. The molecule has 3 heterocycles. The molecular formula is C22H22ClN5O4. The largest absolute Gasteiger partial charge is 0.454 e. The van der Waals surface area contributed by atoms with E-state index in [-0.39, 0.29) is 30.0 Å². The third-order valence-corrected chi connectivity index (χ3v) is 5.04. The molecule has 0 atom stereocenters. The third-order valence-electron chi connectivity index (χ3n) is 4.75. The fourth-order valence-corrected chi connectivity index (χ4v) is 3.62. The van der Waals surface area contributed by atoms with Crippen molar-refractivity contribution in [3.8, 4) is 17.3 Å². The van der Waals surface area contributed by atoms with Gasteiger partial charge in [-0.15, -0.1) is 0 Å². The molecule has 4 rings (SSSR count). The normalized spacial score (nSPS) is 12.2. The number of hydrogen-bond donors (Lipinski definition) is 2. The van der Waals surface area contributed by atoms with Gasteiger partial charge in [0.05, 0.1) is 16.4 Å². The monoisotopic (exact) mass is 455 g/mol. The molecule has 1 aromatic carbocycles. The van der Waals surface area contributed by atoms with Crippen LogP contribution in [0.1, 0.15) is 46.0 Å². The number of amides is 2. The molecule has 3 aromatic rings. The Bertz CT molecular complexity index is 1220. The van der Waals surface area contributed by atoms with Crippen LogP contribution < -0.4 is 20.1 Å². The van der Waals surface area contributed by atoms with E-state index in [0.29, 0.717) is 39.3 Å². The Labute approximate surface area is 189 Å². The number of nitrogens with zero attached hydrogens (tertiary/aromatic N) is 3. The predicted molar refractivity (Wildman–Crippen MR) is 119 cm³/mol. The average molecular weight is 456 g/mol. The number of aromatic nitrogens is 3. The van der Waals surface area contributed by atoms with Crippen LogP contribution in [0.25, 0.3) is 5.82 Å². The van der Waals surface area contributed by atoms with E-state index >= 15 is 0 Å². The van der Waals surface area contributed by atoms with E-state index in [1.54, 1.807) is 44.3 Å². The van der Waals surface area contributed by atoms with Crippen LogP contribution in [0.3, 0.4) is 0 Å². The minimum atomic E-state index is -0.479. The van der Waals surface area contributed by atoms with Gasteiger partial charge < -0.3 is 20.1 Å². The van der Waals surface area contributed by atoms with E-state index in [4.69, 9.17) is 21.1 Å². The summed E-state index contributed by atoms with van der Waals surface area (Å²) in [5.41, 5.74) is 2.01. The quantitative estimate of drug-likeness (QED) is 0.608. The van der Waals surface area contributed by atoms with Crippen molar-refractivity contribution in [3.05, 3.63) is 58.0 Å². The number of benzene rings is 1. The fourth-order valence-electron chi connectivity index (χ4n) is 3.42. The first-order valence-electron chi connectivity index (χ1n) is 9.99. The van der Waals surface area contributed by atoms with E-state index in [2.05, 4.69) is 20.7 Å². The van der Waals surface area contributed by atoms with Gasteiger partial charge in [-0.05, 0) is 57.5 Å². The summed E-state index contributed by atoms with van der Waals surface area (Å²) in [6.45, 7) is 7.24. The van der Waals surface area contributed by atoms with E-state index < -0.39 is 5.91 Å². The van der Waals surface area contributed by atoms with Gasteiger partial charge in [0.15, 0.2) is 17.3 Å². The molecule has 0 aliphatic carbocycles. The molecule has 32 heavy (non-hydrogen) atoms. The molecular weight excluding hydrogens is 434 g/mol. The van der Waals surface area contributed by atoms with Crippen molar-refractivity contribution in [1.82, 2.24) is 20.1 Å². The number of hydrogen-bond acceptors (Lipinski definition) is 6. The van der Waals surface area contributed by atoms with Gasteiger partial charge >= 0.3 is 0 Å². The first-order chi connectivity index (χ1) is 15.3. The number of rotatable bonds is 5. The average Bonchev–Trinajstić information content (AvgIpc) is 3.34. The molecule has 0 unspecified atom stereocenters. The van der Waals surface area contributed by atoms with Crippen LogP contribution >= 0.6 is 11.6 Å². The fraction of sp³-hybridized carbons (Fsp3) is 0.273. The van der Waals surface area contributed by atoms with Gasteiger partial charge in [0.25, 0.3) is 11.8 Å². The summed E-state index contributed by atoms with van der Waals surface area (Å²) >= 11 is 6.27. The lowest BCUT2D eigenvalue weighted by Crippen LogP contribution is -2.31. The smallest absolute Gasteiger partial charge is 0.274 e. The highest BCUT2D eigenvalue weighted by Gasteiger charge is 2.30. The number of pyridine rings is 1. The van der Waals surface area contributed by atoms with Gasteiger partial charge in [-0.25, -0.2) is 9.67 Å². The van der Waals surface area contributed by atoms with Crippen LogP contribution in [-0.4, -0.2) is 39.4 Å². The van der Waals surface area contributed by atoms with Crippen LogP contribution in [0, 0.1) is 13.8 Å². The summed E-state index contributed by atoms with van der Waals surface area (Å²) in [6, 6.07) is 6.59. The lowest BCUT2D eigenvalue weighted by molar-refractivity contribution is 0.0939. The van der Waals surface area contributed by atoms with Crippen molar-refractivity contribution >= 4 is 29.1 Å². The van der Waals surface area contributed by atoms with E-state index in [1.165, 1.54) is 4.68 Å². The number of anilines is 1. The van der Waals surface area contributed by atoms with Crippen LogP contribution in [0.15, 0.2) is 30.5 Å². The maximum atomic E-state index is 13.3. The highest BCUT2D eigenvalue weighted by atomic mass is 35.5. The highest BCUT2D eigenvalue weighted by Crippen LogP contribution is 2.42. The number of carbonyl (C=O) groups excluding carboxylic acids is 2. The standard InChI is InChI=1S/C22H22ClN5O4/c1-11(2)25-22(30)17-18(12(3)8-16-19(17)32-10-31-16)26-21(29)15-9-13(4)27-28(15)20-14(23)6-5-7-24-20/h5-9,11H,10H2,1-4H3,(H,25,30)(H,26,29). The molecule has 9 nitrogen and oxygen atoms in total. The van der Waals surface area contributed by atoms with Gasteiger partial charge in [-0.3, -0.25) is 9.59 Å². The zero-order valence-corrected chi connectivity index (χ0v) is 18.8. The molecule has 2 aromatic heterocycles. The molecule has 2 N–H and O–H groups in total. The number of ether oxygens (including phenoxy) is 2. The van der Waals surface area contributed by atoms with E-state index in [1.807, 2.05) is 13.8 Å². The van der Waals surface area contributed by atoms with Crippen molar-refractivity contribution < 1.29 is 19.1 Å². The summed E-state index contributed by atoms with van der Waals surface area (Å²) in [5.74, 6) is 0.218. The first-order valence-corrected chi connectivity index (χ1v) is 10.4. The number of nitrogens with one attached hydrogen (secondary N) is 2. The lowest BCUT2D eigenvalue weighted by Gasteiger charge is -2.17. The van der Waals surface area contributed by atoms with Crippen LogP contribution in [0.2, 0.25) is 5.02 Å². The Morgan fingerprint density at radius 2 is 1.97 bits per heavy atom. The van der Waals surface area contributed by atoms with Crippen molar-refractivity contribution in [3.63, 3.8) is 0 Å². The van der Waals surface area contributed by atoms with Crippen molar-refractivity contribution in [2.75, 3.05) is 12.1 Å². The van der Waals surface area contributed by atoms with Crippen molar-refractivity contribution in [1.29, 1.82) is 0 Å². The summed E-state index contributed by atoms with van der Waals surface area (Å²) in [4.78, 5) is 30.6. The molecule has 0 radical (unpaired) electrons. The molecule has 166 valence electrons. The second-order valence-electron chi connectivity index (χ2n) is 7.65. The molecule has 0 saturated carbocycles. The second-order valence-corrected chi connectivity index (χ2v) is 8.06. The topological polar surface area (TPSA) is 107 Å². The number of aryl methyl sites for hydroxylation is 2. The molecule has 1 aliphatic rings. The summed E-state index contributed by atoms with van der Waals surface area (Å²) in [5, 5.41) is 10.4. The Balaban J connectivity index is 1.77. The van der Waals surface area contributed by atoms with Gasteiger partial charge in [0, 0.05) is 12.2 Å². The van der Waals surface area contributed by atoms with Crippen molar-refractivity contribution in [2.45, 2.75) is 33.7 Å². The number of halogens is 1. The highest BCUT2D eigenvalue weighted by molar-refractivity contribution is 6.32. The van der Waals surface area contributed by atoms with Crippen LogP contribution in [-0.2, 0) is 0 Å². The Hall–Kier alpha value is -3.59. The maximum absolute atomic E-state index is 13.3. The molecule has 1 aliphatic heterocycles. The van der Waals surface area contributed by atoms with Gasteiger partial charge in [-0.2, -0.15) is 5.10 Å². The molecule has 0 spiro atoms. The lowest BCUT2D eigenvalue weighted by atomic mass is 10.0. The van der Waals surface area contributed by atoms with E-state index in [9.17, 15) is 9.59 Å². The van der Waals surface area contributed by atoms with Gasteiger partial charge in [0.2, 0.25) is 6.79 Å². The Morgan fingerprint density at radius 3 is 2.69 bits per heavy atom. The summed E-state index contributed by atoms with van der Waals surface area (Å²) in [7, 11) is 0. The molecule has 10 heteroatoms. The van der Waals surface area contributed by atoms with Crippen LogP contribution in [0.5, 0.6) is 11.5 Å². The SMILES string of the molecule is Cc1cc(C(=O)Nc2c(C)cc3c(c2C(=O)NC(C)C)OCO3)n(-c2ncccc2Cl)n1. The van der Waals surface area contributed by atoms with E-state index in [0.717, 1.165) is 0 Å². The molecule has 2 amide bonds. The Morgan fingerprint density at radius 1 is 1.19 bits per heavy atom. The molecule has 0 fully saturated rings. The second kappa shape index (κ2) is 8.51. The van der Waals surface area contributed by atoms with Gasteiger partial charge in [-0.1, -0.05) is 11.6 Å². The van der Waals surface area contributed by atoms with Crippen molar-refractivity contribution in [2.24, 2.45) is 0 Å². The minimum Gasteiger partial charge on any atom is -0.454 e. The zero-order chi connectivity index (χ0) is 23.0. The molecule has 0 bridgehead atoms. The zero-order valence-electron chi connectivity index (χ0n) is 18.0. The van der Waals surface area contributed by atoms with Crippen LogP contribution in [0.4, 0.5) is 5.69 Å². The minimum absolute atomic E-state index is 0.00171. The maximum Gasteiger partial charge on any atom is 0.274 e. The molecule has 0 saturated heterocycles. The predicted octanol–water partition coefficient (Wildman–Crippen LogP) is 3.66. The Kier molecular flexibility index (Phi) is 5.75. The summed E-state index contributed by atoms with van der Waals surface area (Å²) in [6.07, 6.45) is 1.57.